The summed E-state index contributed by atoms with van der Waals surface area (Å²) < 4.78 is 26.4. The van der Waals surface area contributed by atoms with Gasteiger partial charge >= 0.3 is 0 Å². The van der Waals surface area contributed by atoms with Crippen LogP contribution in [0.4, 0.5) is 8.78 Å². The second kappa shape index (κ2) is 7.82. The number of hydrogen-bond acceptors (Lipinski definition) is 2. The monoisotopic (exact) mass is 304 g/mol. The third kappa shape index (κ3) is 4.89. The molecular weight excluding hydrogens is 290 g/mol. The van der Waals surface area contributed by atoms with Crippen molar-refractivity contribution in [1.82, 2.24) is 0 Å². The average Bonchev–Trinajstić information content (AvgIpc) is 2.47. The van der Waals surface area contributed by atoms with E-state index in [-0.39, 0.29) is 6.61 Å². The fourth-order valence-corrected chi connectivity index (χ4v) is 2.58. The Morgan fingerprint density at radius 1 is 1.10 bits per heavy atom. The molecule has 2 aromatic rings. The maximum absolute atomic E-state index is 13.5. The van der Waals surface area contributed by atoms with Gasteiger partial charge in [-0.15, -0.1) is 11.8 Å². The molecule has 0 bridgehead atoms. The van der Waals surface area contributed by atoms with Crippen molar-refractivity contribution < 1.29 is 13.9 Å². The normalized spacial score (nSPS) is 10.0. The molecule has 0 aliphatic rings. The third-order valence-corrected chi connectivity index (χ3v) is 3.80. The van der Waals surface area contributed by atoms with Crippen molar-refractivity contribution in [3.63, 3.8) is 0 Å². The van der Waals surface area contributed by atoms with E-state index < -0.39 is 11.6 Å². The van der Waals surface area contributed by atoms with Crippen molar-refractivity contribution in [3.8, 4) is 11.8 Å². The van der Waals surface area contributed by atoms with Crippen LogP contribution >= 0.6 is 11.8 Å². The summed E-state index contributed by atoms with van der Waals surface area (Å²) in [6, 6.07) is 11.2. The smallest absolute Gasteiger partial charge is 0.139 e. The SMILES string of the molecule is OCCC#Cc1cccc(CSc2ccc(F)cc2F)c1. The summed E-state index contributed by atoms with van der Waals surface area (Å²) in [6.45, 7) is 0.0480. The first-order chi connectivity index (χ1) is 10.2. The predicted molar refractivity (Wildman–Crippen MR) is 80.9 cm³/mol. The van der Waals surface area contributed by atoms with Crippen molar-refractivity contribution in [2.75, 3.05) is 6.61 Å². The van der Waals surface area contributed by atoms with Crippen LogP contribution in [-0.2, 0) is 5.75 Å². The zero-order valence-electron chi connectivity index (χ0n) is 11.3. The zero-order chi connectivity index (χ0) is 15.1. The van der Waals surface area contributed by atoms with Crippen LogP contribution in [0.2, 0.25) is 0 Å². The molecular formula is C17H14F2OS. The van der Waals surface area contributed by atoms with Crippen molar-refractivity contribution >= 4 is 11.8 Å². The first kappa shape index (κ1) is 15.6. The maximum Gasteiger partial charge on any atom is 0.139 e. The molecule has 0 amide bonds. The highest BCUT2D eigenvalue weighted by Crippen LogP contribution is 2.26. The second-order valence-electron chi connectivity index (χ2n) is 4.34. The van der Waals surface area contributed by atoms with Crippen molar-refractivity contribution in [1.29, 1.82) is 0 Å². The molecule has 1 N–H and O–H groups in total. The fourth-order valence-electron chi connectivity index (χ4n) is 1.71. The van der Waals surface area contributed by atoms with Crippen LogP contribution in [0.1, 0.15) is 17.5 Å². The Kier molecular flexibility index (Phi) is 5.79. The van der Waals surface area contributed by atoms with Crippen LogP contribution in [0.3, 0.4) is 0 Å². The molecule has 0 atom stereocenters. The topological polar surface area (TPSA) is 20.2 Å². The molecule has 2 rings (SSSR count). The maximum atomic E-state index is 13.5. The highest BCUT2D eigenvalue weighted by Gasteiger charge is 2.05. The van der Waals surface area contributed by atoms with Gasteiger partial charge in [-0.1, -0.05) is 24.0 Å². The summed E-state index contributed by atoms with van der Waals surface area (Å²) in [4.78, 5) is 0.424. The molecule has 0 radical (unpaired) electrons. The average molecular weight is 304 g/mol. The van der Waals surface area contributed by atoms with E-state index in [1.807, 2.05) is 24.3 Å². The van der Waals surface area contributed by atoms with E-state index in [1.165, 1.54) is 23.9 Å². The standard InChI is InChI=1S/C17H14F2OS/c18-15-7-8-17(16(19)11-15)21-12-14-6-3-5-13(10-14)4-1-2-9-20/h3,5-8,10-11,20H,2,9,12H2. The lowest BCUT2D eigenvalue weighted by Gasteiger charge is -2.04. The van der Waals surface area contributed by atoms with E-state index in [0.717, 1.165) is 17.2 Å². The van der Waals surface area contributed by atoms with E-state index in [1.54, 1.807) is 0 Å². The van der Waals surface area contributed by atoms with E-state index >= 15 is 0 Å². The summed E-state index contributed by atoms with van der Waals surface area (Å²) in [7, 11) is 0. The second-order valence-corrected chi connectivity index (χ2v) is 5.36. The lowest BCUT2D eigenvalue weighted by molar-refractivity contribution is 0.305. The molecule has 0 saturated carbocycles. The number of benzene rings is 2. The lowest BCUT2D eigenvalue weighted by atomic mass is 10.1. The zero-order valence-corrected chi connectivity index (χ0v) is 12.1. The number of hydrogen-bond donors (Lipinski definition) is 1. The van der Waals surface area contributed by atoms with Gasteiger partial charge in [-0.2, -0.15) is 0 Å². The van der Waals surface area contributed by atoms with Crippen molar-refractivity contribution in [2.45, 2.75) is 17.1 Å². The molecule has 0 heterocycles. The van der Waals surface area contributed by atoms with Crippen LogP contribution in [-0.4, -0.2) is 11.7 Å². The van der Waals surface area contributed by atoms with Crippen LogP contribution < -0.4 is 0 Å². The summed E-state index contributed by atoms with van der Waals surface area (Å²) in [6.07, 6.45) is 0.444. The molecule has 1 nitrogen and oxygen atoms in total. The Labute approximate surface area is 127 Å². The number of thioether (sulfide) groups is 1. The molecule has 2 aromatic carbocycles. The molecule has 0 aromatic heterocycles. The fraction of sp³-hybridized carbons (Fsp3) is 0.176. The summed E-state index contributed by atoms with van der Waals surface area (Å²) in [5.41, 5.74) is 1.88. The van der Waals surface area contributed by atoms with E-state index in [2.05, 4.69) is 11.8 Å². The number of rotatable bonds is 4. The van der Waals surface area contributed by atoms with Gasteiger partial charge in [-0.25, -0.2) is 8.78 Å². The Morgan fingerprint density at radius 2 is 1.95 bits per heavy atom. The molecule has 4 heteroatoms. The van der Waals surface area contributed by atoms with Gasteiger partial charge in [0.25, 0.3) is 0 Å². The largest absolute Gasteiger partial charge is 0.395 e. The minimum Gasteiger partial charge on any atom is -0.395 e. The lowest BCUT2D eigenvalue weighted by Crippen LogP contribution is -1.87. The van der Waals surface area contributed by atoms with Crippen LogP contribution in [0.5, 0.6) is 0 Å². The minimum absolute atomic E-state index is 0.0480. The van der Waals surface area contributed by atoms with E-state index in [0.29, 0.717) is 17.1 Å². The Balaban J connectivity index is 2.03. The molecule has 0 unspecified atom stereocenters. The molecule has 0 fully saturated rings. The van der Waals surface area contributed by atoms with Gasteiger partial charge < -0.3 is 5.11 Å². The Hall–Kier alpha value is -1.83. The predicted octanol–water partition coefficient (Wildman–Crippen LogP) is 3.99. The number of aliphatic hydroxyl groups excluding tert-OH is 1. The van der Waals surface area contributed by atoms with Crippen LogP contribution in [0.15, 0.2) is 47.4 Å². The molecule has 0 spiro atoms. The van der Waals surface area contributed by atoms with Gasteiger partial charge in [-0.3, -0.25) is 0 Å². The summed E-state index contributed by atoms with van der Waals surface area (Å²) in [5, 5.41) is 8.69. The van der Waals surface area contributed by atoms with Gasteiger partial charge in [0, 0.05) is 28.7 Å². The first-order valence-electron chi connectivity index (χ1n) is 6.45. The van der Waals surface area contributed by atoms with Crippen molar-refractivity contribution in [3.05, 3.63) is 65.2 Å². The highest BCUT2D eigenvalue weighted by atomic mass is 32.2. The van der Waals surface area contributed by atoms with Gasteiger partial charge in [0.1, 0.15) is 11.6 Å². The molecule has 0 aliphatic carbocycles. The summed E-state index contributed by atoms with van der Waals surface area (Å²) >= 11 is 1.32. The third-order valence-electron chi connectivity index (χ3n) is 2.68. The van der Waals surface area contributed by atoms with Crippen molar-refractivity contribution in [2.24, 2.45) is 0 Å². The van der Waals surface area contributed by atoms with Gasteiger partial charge in [0.05, 0.1) is 6.61 Å². The Morgan fingerprint density at radius 3 is 2.71 bits per heavy atom. The van der Waals surface area contributed by atoms with Crippen LogP contribution in [0, 0.1) is 23.5 Å². The molecule has 0 saturated heterocycles. The molecule has 108 valence electrons. The van der Waals surface area contributed by atoms with E-state index in [4.69, 9.17) is 5.11 Å². The molecule has 21 heavy (non-hydrogen) atoms. The quantitative estimate of drug-likeness (QED) is 0.681. The number of halogens is 2. The minimum atomic E-state index is -0.571. The van der Waals surface area contributed by atoms with Crippen LogP contribution in [0.25, 0.3) is 0 Å². The highest BCUT2D eigenvalue weighted by molar-refractivity contribution is 7.98. The van der Waals surface area contributed by atoms with Gasteiger partial charge in [0.15, 0.2) is 0 Å². The van der Waals surface area contributed by atoms with Gasteiger partial charge in [0.2, 0.25) is 0 Å². The number of aliphatic hydroxyl groups is 1. The summed E-state index contributed by atoms with van der Waals surface area (Å²) in [5.74, 6) is 5.29. The Bertz CT molecular complexity index is 674. The first-order valence-corrected chi connectivity index (χ1v) is 7.44. The molecule has 0 aliphatic heterocycles. The van der Waals surface area contributed by atoms with E-state index in [9.17, 15) is 8.78 Å². The van der Waals surface area contributed by atoms with Gasteiger partial charge in [-0.05, 0) is 29.8 Å².